The topological polar surface area (TPSA) is 76.2 Å². The van der Waals surface area contributed by atoms with Gasteiger partial charge in [-0.05, 0) is 24.2 Å². The Morgan fingerprint density at radius 2 is 2.24 bits per heavy atom. The summed E-state index contributed by atoms with van der Waals surface area (Å²) >= 11 is 0. The van der Waals surface area contributed by atoms with Crippen LogP contribution in [-0.4, -0.2) is 21.2 Å². The van der Waals surface area contributed by atoms with Crippen molar-refractivity contribution in [1.82, 2.24) is 10.1 Å². The van der Waals surface area contributed by atoms with Crippen LogP contribution in [0.3, 0.4) is 0 Å². The van der Waals surface area contributed by atoms with E-state index in [0.29, 0.717) is 11.8 Å². The van der Waals surface area contributed by atoms with Crippen LogP contribution in [0.25, 0.3) is 0 Å². The number of carboxylic acids is 1. The Balaban J connectivity index is 1.76. The summed E-state index contributed by atoms with van der Waals surface area (Å²) in [5.74, 6) is 0.648. The van der Waals surface area contributed by atoms with Crippen LogP contribution in [0.2, 0.25) is 0 Å². The molecule has 0 radical (unpaired) electrons. The maximum absolute atomic E-state index is 11.1. The molecule has 0 aromatic carbocycles. The van der Waals surface area contributed by atoms with Crippen molar-refractivity contribution in [1.29, 1.82) is 0 Å². The van der Waals surface area contributed by atoms with Crippen molar-refractivity contribution in [2.45, 2.75) is 39.0 Å². The molecule has 2 aliphatic carbocycles. The molecule has 1 aromatic rings. The summed E-state index contributed by atoms with van der Waals surface area (Å²) < 4.78 is 5.21. The molecule has 5 heteroatoms. The van der Waals surface area contributed by atoms with Gasteiger partial charge in [-0.25, -0.2) is 0 Å². The Morgan fingerprint density at radius 1 is 1.53 bits per heavy atom. The second kappa shape index (κ2) is 3.31. The largest absolute Gasteiger partial charge is 0.481 e. The first kappa shape index (κ1) is 10.7. The summed E-state index contributed by atoms with van der Waals surface area (Å²) in [6, 6.07) is 0. The van der Waals surface area contributed by atoms with E-state index in [-0.39, 0.29) is 11.3 Å². The average Bonchev–Trinajstić information content (AvgIpc) is 3.05. The highest BCUT2D eigenvalue weighted by Gasteiger charge is 2.65. The summed E-state index contributed by atoms with van der Waals surface area (Å²) in [6.45, 7) is 3.86. The molecule has 92 valence electrons. The Kier molecular flexibility index (Phi) is 2.09. The maximum atomic E-state index is 11.1. The van der Waals surface area contributed by atoms with Gasteiger partial charge in [0.05, 0.1) is 11.8 Å². The molecule has 1 N–H and O–H groups in total. The van der Waals surface area contributed by atoms with Gasteiger partial charge in [-0.1, -0.05) is 19.0 Å². The molecule has 5 nitrogen and oxygen atoms in total. The molecular formula is C12H16N2O3. The van der Waals surface area contributed by atoms with Crippen LogP contribution < -0.4 is 0 Å². The van der Waals surface area contributed by atoms with Crippen LogP contribution in [0.15, 0.2) is 4.52 Å². The highest BCUT2D eigenvalue weighted by molar-refractivity contribution is 5.77. The second-order valence-corrected chi connectivity index (χ2v) is 5.81. The number of hydrogen-bond acceptors (Lipinski definition) is 4. The molecule has 3 rings (SSSR count). The lowest BCUT2D eigenvalue weighted by Crippen LogP contribution is -2.03. The lowest BCUT2D eigenvalue weighted by Gasteiger charge is -1.96. The average molecular weight is 236 g/mol. The lowest BCUT2D eigenvalue weighted by molar-refractivity contribution is -0.139. The van der Waals surface area contributed by atoms with Gasteiger partial charge in [0.15, 0.2) is 5.82 Å². The molecule has 2 fully saturated rings. The Labute approximate surface area is 99.2 Å². The van der Waals surface area contributed by atoms with Crippen LogP contribution >= 0.6 is 0 Å². The quantitative estimate of drug-likeness (QED) is 0.863. The number of aromatic nitrogens is 2. The van der Waals surface area contributed by atoms with E-state index in [4.69, 9.17) is 9.63 Å². The van der Waals surface area contributed by atoms with E-state index in [1.54, 1.807) is 0 Å². The number of nitrogens with zero attached hydrogens (tertiary/aromatic N) is 2. The number of carbonyl (C=O) groups is 1. The first-order valence-corrected chi connectivity index (χ1v) is 6.05. The second-order valence-electron chi connectivity index (χ2n) is 5.81. The molecule has 0 aliphatic heterocycles. The Morgan fingerprint density at radius 3 is 2.76 bits per heavy atom. The molecule has 1 heterocycles. The number of hydrogen-bond donors (Lipinski definition) is 1. The third-order valence-corrected chi connectivity index (χ3v) is 4.01. The van der Waals surface area contributed by atoms with Gasteiger partial charge in [0.2, 0.25) is 5.89 Å². The highest BCUT2D eigenvalue weighted by Crippen LogP contribution is 2.64. The first-order valence-electron chi connectivity index (χ1n) is 6.05. The summed E-state index contributed by atoms with van der Waals surface area (Å²) in [4.78, 5) is 15.4. The van der Waals surface area contributed by atoms with Crippen molar-refractivity contribution >= 4 is 5.97 Å². The zero-order valence-corrected chi connectivity index (χ0v) is 10.0. The third-order valence-electron chi connectivity index (χ3n) is 4.01. The van der Waals surface area contributed by atoms with Crippen molar-refractivity contribution in [3.05, 3.63) is 11.7 Å². The molecule has 2 atom stereocenters. The van der Waals surface area contributed by atoms with Gasteiger partial charge >= 0.3 is 5.97 Å². The zero-order valence-electron chi connectivity index (χ0n) is 10.0. The molecular weight excluding hydrogens is 220 g/mol. The third kappa shape index (κ3) is 1.73. The van der Waals surface area contributed by atoms with E-state index in [1.165, 1.54) is 12.8 Å². The van der Waals surface area contributed by atoms with Crippen LogP contribution in [0.1, 0.15) is 44.3 Å². The molecule has 0 amide bonds. The van der Waals surface area contributed by atoms with E-state index >= 15 is 0 Å². The normalized spacial score (nSPS) is 30.2. The SMILES string of the molecule is CC1(C)C(C(=O)O)C1c1nc(CC2CC2)no1. The van der Waals surface area contributed by atoms with E-state index in [0.717, 1.165) is 12.2 Å². The zero-order chi connectivity index (χ0) is 12.2. The van der Waals surface area contributed by atoms with Gasteiger partial charge in [-0.2, -0.15) is 4.98 Å². The summed E-state index contributed by atoms with van der Waals surface area (Å²) in [5.41, 5.74) is -0.269. The molecule has 2 saturated carbocycles. The van der Waals surface area contributed by atoms with Crippen molar-refractivity contribution in [2.75, 3.05) is 0 Å². The minimum Gasteiger partial charge on any atom is -0.481 e. The smallest absolute Gasteiger partial charge is 0.307 e. The fourth-order valence-electron chi connectivity index (χ4n) is 2.62. The summed E-state index contributed by atoms with van der Waals surface area (Å²) in [7, 11) is 0. The van der Waals surface area contributed by atoms with E-state index in [9.17, 15) is 4.79 Å². The lowest BCUT2D eigenvalue weighted by atomic mass is 10.1. The van der Waals surface area contributed by atoms with E-state index in [2.05, 4.69) is 10.1 Å². The maximum Gasteiger partial charge on any atom is 0.307 e. The van der Waals surface area contributed by atoms with Gasteiger partial charge in [-0.3, -0.25) is 4.79 Å². The number of rotatable bonds is 4. The van der Waals surface area contributed by atoms with Crippen molar-refractivity contribution < 1.29 is 14.4 Å². The highest BCUT2D eigenvalue weighted by atomic mass is 16.5. The number of aliphatic carboxylic acids is 1. The van der Waals surface area contributed by atoms with Gasteiger partial charge in [-0.15, -0.1) is 0 Å². The minimum atomic E-state index is -0.776. The molecule has 2 aliphatic rings. The molecule has 0 saturated heterocycles. The van der Waals surface area contributed by atoms with Crippen molar-refractivity contribution in [2.24, 2.45) is 17.3 Å². The van der Waals surface area contributed by atoms with Crippen LogP contribution in [0.4, 0.5) is 0 Å². The fourth-order valence-corrected chi connectivity index (χ4v) is 2.62. The van der Waals surface area contributed by atoms with Crippen molar-refractivity contribution in [3.8, 4) is 0 Å². The van der Waals surface area contributed by atoms with Gasteiger partial charge in [0.1, 0.15) is 0 Å². The predicted molar refractivity (Wildman–Crippen MR) is 58.4 cm³/mol. The minimum absolute atomic E-state index is 0.125. The van der Waals surface area contributed by atoms with Crippen LogP contribution in [0.5, 0.6) is 0 Å². The Bertz CT molecular complexity index is 462. The molecule has 1 aromatic heterocycles. The standard InChI is InChI=1S/C12H16N2O3/c1-12(2)8(9(12)11(15)16)10-13-7(14-17-10)5-6-3-4-6/h6,8-9H,3-5H2,1-2H3,(H,15,16). The monoisotopic (exact) mass is 236 g/mol. The molecule has 17 heavy (non-hydrogen) atoms. The van der Waals surface area contributed by atoms with Crippen LogP contribution in [-0.2, 0) is 11.2 Å². The van der Waals surface area contributed by atoms with Crippen molar-refractivity contribution in [3.63, 3.8) is 0 Å². The van der Waals surface area contributed by atoms with Gasteiger partial charge < -0.3 is 9.63 Å². The summed E-state index contributed by atoms with van der Waals surface area (Å²) in [5, 5.41) is 13.0. The van der Waals surface area contributed by atoms with Crippen LogP contribution in [0, 0.1) is 17.3 Å². The first-order chi connectivity index (χ1) is 8.00. The van der Waals surface area contributed by atoms with E-state index in [1.807, 2.05) is 13.8 Å². The molecule has 0 bridgehead atoms. The van der Waals surface area contributed by atoms with E-state index < -0.39 is 11.9 Å². The summed E-state index contributed by atoms with van der Waals surface area (Å²) in [6.07, 6.45) is 3.36. The van der Waals surface area contributed by atoms with Gasteiger partial charge in [0.25, 0.3) is 0 Å². The number of carboxylic acid groups (broad SMARTS) is 1. The fraction of sp³-hybridized carbons (Fsp3) is 0.750. The molecule has 2 unspecified atom stereocenters. The molecule has 0 spiro atoms. The Hall–Kier alpha value is -1.39. The van der Waals surface area contributed by atoms with Gasteiger partial charge in [0, 0.05) is 6.42 Å². The predicted octanol–water partition coefficient (Wildman–Crippen LogP) is 1.85.